The zero-order valence-electron chi connectivity index (χ0n) is 38.4. The van der Waals surface area contributed by atoms with Crippen molar-refractivity contribution >= 4 is 102 Å². The number of nitrogens with zero attached hydrogens (tertiary/aromatic N) is 6. The van der Waals surface area contributed by atoms with Gasteiger partial charge in [-0.1, -0.05) is 197 Å². The minimum absolute atomic E-state index is 0.535. The van der Waals surface area contributed by atoms with E-state index >= 15 is 0 Å². The molecule has 0 N–H and O–H groups in total. The summed E-state index contributed by atoms with van der Waals surface area (Å²) in [5.74, 6) is 0. The molecule has 7 aromatic carbocycles. The highest BCUT2D eigenvalue weighted by molar-refractivity contribution is 6.40. The SMILES string of the molecule is Cc1c(CN2CN(CCc3cccc4ccccc34)C(Cl)=C2Cl)c(C)c(CN2CN(Cc3cccc4ccccc34)C(Cl)=C2Cl)c(C)c1CN1CN(CCc2cccc3ccccc23)C(Cl)=C1Cl. The van der Waals surface area contributed by atoms with Gasteiger partial charge < -0.3 is 29.4 Å². The Labute approximate surface area is 429 Å². The molecular weight excluding hydrogens is 969 g/mol. The van der Waals surface area contributed by atoms with Gasteiger partial charge in [0.05, 0.1) is 20.0 Å². The molecule has 0 amide bonds. The Morgan fingerprint density at radius 3 is 0.985 bits per heavy atom. The fraction of sp³-hybridized carbons (Fsp3) is 0.250. The Bertz CT molecular complexity index is 3020. The molecule has 0 atom stereocenters. The Morgan fingerprint density at radius 1 is 0.324 bits per heavy atom. The highest BCUT2D eigenvalue weighted by atomic mass is 35.5. The number of hydrogen-bond donors (Lipinski definition) is 0. The second-order valence-electron chi connectivity index (χ2n) is 18.2. The van der Waals surface area contributed by atoms with E-state index in [1.165, 1.54) is 82.4 Å². The monoisotopic (exact) mass is 1020 g/mol. The maximum atomic E-state index is 7.19. The van der Waals surface area contributed by atoms with Gasteiger partial charge in [-0.2, -0.15) is 0 Å². The van der Waals surface area contributed by atoms with Gasteiger partial charge in [-0.25, -0.2) is 0 Å². The van der Waals surface area contributed by atoms with E-state index in [1.807, 2.05) is 0 Å². The van der Waals surface area contributed by atoms with Gasteiger partial charge in [-0.15, -0.1) is 0 Å². The van der Waals surface area contributed by atoms with E-state index in [4.69, 9.17) is 69.6 Å². The standard InChI is InChI=1S/C56H52Cl6N6/c1-36-48(30-66-33-63(51(57)53(66)59)27-25-42-19-10-16-39-13-4-7-22-45(39)42)37(2)50(32-68-35-65(55(61)56(68)62)29-44-21-12-18-41-15-6-9-24-47(41)44)38(3)49(36)31-67-34-64(52(58)54(67)60)28-26-43-20-11-17-40-14-5-8-23-46(40)43/h4-24H,25-35H2,1-3H3. The van der Waals surface area contributed by atoms with Crippen LogP contribution >= 0.6 is 69.6 Å². The van der Waals surface area contributed by atoms with Crippen molar-refractivity contribution in [2.45, 2.75) is 59.8 Å². The summed E-state index contributed by atoms with van der Waals surface area (Å²) in [6.07, 6.45) is 1.67. The summed E-state index contributed by atoms with van der Waals surface area (Å²) in [6.45, 7) is 12.1. The summed E-state index contributed by atoms with van der Waals surface area (Å²) in [4.78, 5) is 13.1. The molecule has 348 valence electrons. The minimum atomic E-state index is 0.535. The van der Waals surface area contributed by atoms with Gasteiger partial charge >= 0.3 is 0 Å². The average Bonchev–Trinajstić information content (AvgIpc) is 3.90. The fourth-order valence-corrected chi connectivity index (χ4v) is 11.9. The van der Waals surface area contributed by atoms with Crippen LogP contribution in [0.15, 0.2) is 158 Å². The van der Waals surface area contributed by atoms with Gasteiger partial charge in [-0.3, -0.25) is 0 Å². The fourth-order valence-electron chi connectivity index (χ4n) is 10.4. The number of halogens is 6. The van der Waals surface area contributed by atoms with E-state index in [9.17, 15) is 0 Å². The van der Waals surface area contributed by atoms with Crippen LogP contribution in [0, 0.1) is 20.8 Å². The molecule has 3 aliphatic heterocycles. The van der Waals surface area contributed by atoms with Crippen molar-refractivity contribution in [2.75, 3.05) is 33.1 Å². The molecule has 0 spiro atoms. The third-order valence-corrected chi connectivity index (χ3v) is 17.1. The normalized spacial score (nSPS) is 15.7. The van der Waals surface area contributed by atoms with E-state index in [2.05, 4.69) is 178 Å². The lowest BCUT2D eigenvalue weighted by Crippen LogP contribution is -2.31. The first-order chi connectivity index (χ1) is 32.9. The molecule has 10 rings (SSSR count). The van der Waals surface area contributed by atoms with E-state index in [0.717, 1.165) is 25.9 Å². The van der Waals surface area contributed by atoms with Gasteiger partial charge in [0.15, 0.2) is 0 Å². The molecule has 68 heavy (non-hydrogen) atoms. The zero-order valence-corrected chi connectivity index (χ0v) is 42.9. The summed E-state index contributed by atoms with van der Waals surface area (Å²) in [5, 5.41) is 10.7. The highest BCUT2D eigenvalue weighted by Crippen LogP contribution is 2.40. The second-order valence-corrected chi connectivity index (χ2v) is 20.4. The topological polar surface area (TPSA) is 19.4 Å². The molecular formula is C56H52Cl6N6. The van der Waals surface area contributed by atoms with Crippen molar-refractivity contribution in [1.82, 2.24) is 29.4 Å². The molecule has 0 fully saturated rings. The summed E-state index contributed by atoms with van der Waals surface area (Å²) >= 11 is 42.8. The second kappa shape index (κ2) is 19.8. The number of rotatable bonds is 14. The molecule has 3 aliphatic rings. The molecule has 0 unspecified atom stereocenters. The van der Waals surface area contributed by atoms with Crippen LogP contribution in [0.1, 0.15) is 50.1 Å². The lowest BCUT2D eigenvalue weighted by Gasteiger charge is -2.31. The van der Waals surface area contributed by atoms with Crippen LogP contribution < -0.4 is 0 Å². The number of fused-ring (bicyclic) bond motifs is 3. The molecule has 6 nitrogen and oxygen atoms in total. The molecule has 12 heteroatoms. The van der Waals surface area contributed by atoms with Crippen LogP contribution in [0.3, 0.4) is 0 Å². The lowest BCUT2D eigenvalue weighted by atomic mass is 9.87. The first-order valence-corrected chi connectivity index (χ1v) is 25.4. The predicted molar refractivity (Wildman–Crippen MR) is 286 cm³/mol. The molecule has 0 aromatic heterocycles. The Hall–Kier alpha value is -4.92. The molecule has 0 aliphatic carbocycles. The van der Waals surface area contributed by atoms with E-state index in [1.54, 1.807) is 0 Å². The lowest BCUT2D eigenvalue weighted by molar-refractivity contribution is 0.245. The van der Waals surface area contributed by atoms with Crippen molar-refractivity contribution in [2.24, 2.45) is 0 Å². The quantitative estimate of drug-likeness (QED) is 0.100. The van der Waals surface area contributed by atoms with Crippen molar-refractivity contribution < 1.29 is 0 Å². The van der Waals surface area contributed by atoms with Crippen LogP contribution in [0.5, 0.6) is 0 Å². The van der Waals surface area contributed by atoms with Gasteiger partial charge in [0, 0.05) is 39.3 Å². The maximum Gasteiger partial charge on any atom is 0.142 e. The molecule has 7 aromatic rings. The Kier molecular flexibility index (Phi) is 13.6. The van der Waals surface area contributed by atoms with Crippen molar-refractivity contribution in [3.63, 3.8) is 0 Å². The van der Waals surface area contributed by atoms with Gasteiger partial charge in [0.2, 0.25) is 0 Å². The minimum Gasteiger partial charge on any atom is -0.342 e. The van der Waals surface area contributed by atoms with Crippen LogP contribution in [-0.2, 0) is 39.0 Å². The van der Waals surface area contributed by atoms with Crippen LogP contribution in [0.2, 0.25) is 0 Å². The smallest absolute Gasteiger partial charge is 0.142 e. The zero-order chi connectivity index (χ0) is 47.2. The predicted octanol–water partition coefficient (Wildman–Crippen LogP) is 14.8. The van der Waals surface area contributed by atoms with Gasteiger partial charge in [-0.05, 0) is 116 Å². The third-order valence-electron chi connectivity index (χ3n) is 14.3. The first-order valence-electron chi connectivity index (χ1n) is 23.1. The molecule has 0 saturated heterocycles. The summed E-state index contributed by atoms with van der Waals surface area (Å²) in [6, 6.07) is 44.9. The number of hydrogen-bond acceptors (Lipinski definition) is 6. The summed E-state index contributed by atoms with van der Waals surface area (Å²) in [5.41, 5.74) is 10.9. The van der Waals surface area contributed by atoms with Crippen molar-refractivity contribution in [3.05, 3.63) is 208 Å². The van der Waals surface area contributed by atoms with Gasteiger partial charge in [0.25, 0.3) is 0 Å². The van der Waals surface area contributed by atoms with Gasteiger partial charge in [0.1, 0.15) is 30.9 Å². The largest absolute Gasteiger partial charge is 0.342 e. The van der Waals surface area contributed by atoms with E-state index in [0.29, 0.717) is 77.1 Å². The van der Waals surface area contributed by atoms with Crippen LogP contribution in [0.25, 0.3) is 32.3 Å². The Balaban J connectivity index is 0.929. The average molecular weight is 1020 g/mol. The number of benzene rings is 7. The van der Waals surface area contributed by atoms with Crippen LogP contribution in [0.4, 0.5) is 0 Å². The van der Waals surface area contributed by atoms with Crippen LogP contribution in [-0.4, -0.2) is 62.5 Å². The maximum absolute atomic E-state index is 7.19. The first kappa shape index (κ1) is 46.8. The van der Waals surface area contributed by atoms with Crippen molar-refractivity contribution in [1.29, 1.82) is 0 Å². The summed E-state index contributed by atoms with van der Waals surface area (Å²) < 4.78 is 0. The molecule has 0 bridgehead atoms. The Morgan fingerprint density at radius 2 is 0.603 bits per heavy atom. The molecule has 0 saturated carbocycles. The van der Waals surface area contributed by atoms with E-state index < -0.39 is 0 Å². The van der Waals surface area contributed by atoms with E-state index in [-0.39, 0.29) is 0 Å². The van der Waals surface area contributed by atoms with Crippen molar-refractivity contribution in [3.8, 4) is 0 Å². The molecule has 0 radical (unpaired) electrons. The summed E-state index contributed by atoms with van der Waals surface area (Å²) in [7, 11) is 0. The third kappa shape index (κ3) is 9.05. The highest BCUT2D eigenvalue weighted by Gasteiger charge is 2.33. The molecule has 3 heterocycles.